The zero-order valence-corrected chi connectivity index (χ0v) is 13.1. The van der Waals surface area contributed by atoms with E-state index in [9.17, 15) is 5.11 Å². The van der Waals surface area contributed by atoms with E-state index in [-0.39, 0.29) is 0 Å². The fourth-order valence-electron chi connectivity index (χ4n) is 2.98. The molecule has 1 N–H and O–H groups in total. The molecule has 4 nitrogen and oxygen atoms in total. The predicted octanol–water partition coefficient (Wildman–Crippen LogP) is 2.10. The molecule has 0 spiro atoms. The van der Waals surface area contributed by atoms with E-state index < -0.39 is 5.60 Å². The van der Waals surface area contributed by atoms with E-state index in [1.807, 2.05) is 20.3 Å². The predicted molar refractivity (Wildman–Crippen MR) is 83.3 cm³/mol. The standard InChI is InChI=1S/C16H27N3O/c1-13(2)15-7-6-14(10-17-15)19-9-5-8-16(20,12-19)11-18(3)4/h6-7,10,13,20H,5,8-9,11-12H2,1-4H3. The van der Waals surface area contributed by atoms with Gasteiger partial charge in [0.25, 0.3) is 0 Å². The number of piperidine rings is 1. The number of rotatable bonds is 4. The molecule has 0 radical (unpaired) electrons. The Morgan fingerprint density at radius 2 is 2.15 bits per heavy atom. The first-order valence-electron chi connectivity index (χ1n) is 7.48. The molecule has 1 fully saturated rings. The van der Waals surface area contributed by atoms with Crippen molar-refractivity contribution in [1.29, 1.82) is 0 Å². The second-order valence-electron chi connectivity index (χ2n) is 6.58. The molecule has 4 heteroatoms. The Morgan fingerprint density at radius 1 is 1.40 bits per heavy atom. The van der Waals surface area contributed by atoms with Crippen LogP contribution in [0.5, 0.6) is 0 Å². The van der Waals surface area contributed by atoms with E-state index in [2.05, 4.69) is 40.8 Å². The lowest BCUT2D eigenvalue weighted by Gasteiger charge is -2.41. The molecule has 112 valence electrons. The first-order chi connectivity index (χ1) is 9.39. The van der Waals surface area contributed by atoms with Gasteiger partial charge in [0.05, 0.1) is 17.5 Å². The van der Waals surface area contributed by atoms with Gasteiger partial charge in [-0.3, -0.25) is 4.98 Å². The number of pyridine rings is 1. The van der Waals surface area contributed by atoms with Crippen molar-refractivity contribution in [2.24, 2.45) is 0 Å². The molecule has 0 saturated carbocycles. The van der Waals surface area contributed by atoms with Gasteiger partial charge in [0.15, 0.2) is 0 Å². The lowest BCUT2D eigenvalue weighted by Crippen LogP contribution is -2.53. The topological polar surface area (TPSA) is 39.6 Å². The molecule has 0 aliphatic carbocycles. The minimum absolute atomic E-state index is 0.455. The van der Waals surface area contributed by atoms with Crippen LogP contribution in [0.1, 0.15) is 38.3 Å². The number of β-amino-alcohol motifs (C(OH)–C–C–N with tert-alkyl or cyclic N) is 1. The molecule has 1 aromatic heterocycles. The lowest BCUT2D eigenvalue weighted by atomic mass is 9.92. The van der Waals surface area contributed by atoms with Gasteiger partial charge in [-0.1, -0.05) is 13.8 Å². The number of anilines is 1. The Hall–Kier alpha value is -1.13. The molecule has 2 rings (SSSR count). The Kier molecular flexibility index (Phi) is 4.66. The summed E-state index contributed by atoms with van der Waals surface area (Å²) < 4.78 is 0. The van der Waals surface area contributed by atoms with Crippen LogP contribution in [0.2, 0.25) is 0 Å². The molecule has 0 bridgehead atoms. The lowest BCUT2D eigenvalue weighted by molar-refractivity contribution is 0.00369. The Labute approximate surface area is 122 Å². The molecule has 1 saturated heterocycles. The van der Waals surface area contributed by atoms with Gasteiger partial charge in [-0.2, -0.15) is 0 Å². The van der Waals surface area contributed by atoms with Gasteiger partial charge in [-0.05, 0) is 45.0 Å². The van der Waals surface area contributed by atoms with Crippen LogP contribution >= 0.6 is 0 Å². The van der Waals surface area contributed by atoms with Crippen LogP contribution in [0.15, 0.2) is 18.3 Å². The molecular weight excluding hydrogens is 250 g/mol. The number of aliphatic hydroxyl groups is 1. The Morgan fingerprint density at radius 3 is 2.70 bits per heavy atom. The molecule has 0 amide bonds. The zero-order chi connectivity index (χ0) is 14.8. The van der Waals surface area contributed by atoms with Gasteiger partial charge >= 0.3 is 0 Å². The van der Waals surface area contributed by atoms with Crippen molar-refractivity contribution in [3.05, 3.63) is 24.0 Å². The summed E-state index contributed by atoms with van der Waals surface area (Å²) in [5, 5.41) is 10.7. The van der Waals surface area contributed by atoms with Crippen molar-refractivity contribution in [1.82, 2.24) is 9.88 Å². The largest absolute Gasteiger partial charge is 0.387 e. The SMILES string of the molecule is CC(C)c1ccc(N2CCCC(O)(CN(C)C)C2)cn1. The molecule has 2 heterocycles. The van der Waals surface area contributed by atoms with Crippen LogP contribution in [0.4, 0.5) is 5.69 Å². The molecule has 1 aliphatic rings. The maximum absolute atomic E-state index is 10.7. The van der Waals surface area contributed by atoms with Gasteiger partial charge in [0.1, 0.15) is 0 Å². The summed E-state index contributed by atoms with van der Waals surface area (Å²) in [6.07, 6.45) is 3.84. The average molecular weight is 277 g/mol. The second kappa shape index (κ2) is 6.10. The van der Waals surface area contributed by atoms with E-state index in [1.165, 1.54) is 0 Å². The summed E-state index contributed by atoms with van der Waals surface area (Å²) in [6, 6.07) is 4.23. The Bertz CT molecular complexity index is 430. The van der Waals surface area contributed by atoms with Crippen molar-refractivity contribution in [3.8, 4) is 0 Å². The maximum Gasteiger partial charge on any atom is 0.0948 e. The van der Waals surface area contributed by atoms with Crippen LogP contribution < -0.4 is 4.90 Å². The van der Waals surface area contributed by atoms with Gasteiger partial charge in [-0.25, -0.2) is 0 Å². The van der Waals surface area contributed by atoms with E-state index in [0.717, 1.165) is 30.8 Å². The van der Waals surface area contributed by atoms with Crippen LogP contribution in [-0.2, 0) is 0 Å². The van der Waals surface area contributed by atoms with Crippen molar-refractivity contribution < 1.29 is 5.11 Å². The molecule has 1 unspecified atom stereocenters. The smallest absolute Gasteiger partial charge is 0.0948 e. The van der Waals surface area contributed by atoms with E-state index in [1.54, 1.807) is 0 Å². The highest BCUT2D eigenvalue weighted by Crippen LogP contribution is 2.26. The molecule has 1 atom stereocenters. The van der Waals surface area contributed by atoms with Crippen molar-refractivity contribution in [2.45, 2.75) is 38.2 Å². The summed E-state index contributed by atoms with van der Waals surface area (Å²) in [4.78, 5) is 8.84. The summed E-state index contributed by atoms with van der Waals surface area (Å²) >= 11 is 0. The highest BCUT2D eigenvalue weighted by molar-refractivity contribution is 5.46. The highest BCUT2D eigenvalue weighted by Gasteiger charge is 2.33. The number of hydrogen-bond acceptors (Lipinski definition) is 4. The van der Waals surface area contributed by atoms with Crippen LogP contribution in [0, 0.1) is 0 Å². The molecular formula is C16H27N3O. The minimum Gasteiger partial charge on any atom is -0.387 e. The zero-order valence-electron chi connectivity index (χ0n) is 13.1. The third kappa shape index (κ3) is 3.70. The van der Waals surface area contributed by atoms with Crippen molar-refractivity contribution in [3.63, 3.8) is 0 Å². The van der Waals surface area contributed by atoms with Crippen LogP contribution in [0.25, 0.3) is 0 Å². The average Bonchev–Trinajstić information content (AvgIpc) is 2.37. The fraction of sp³-hybridized carbons (Fsp3) is 0.688. The number of nitrogens with zero attached hydrogens (tertiary/aromatic N) is 3. The van der Waals surface area contributed by atoms with Crippen molar-refractivity contribution in [2.75, 3.05) is 38.6 Å². The number of hydrogen-bond donors (Lipinski definition) is 1. The molecule has 20 heavy (non-hydrogen) atoms. The third-order valence-corrected chi connectivity index (χ3v) is 3.89. The van der Waals surface area contributed by atoms with Crippen molar-refractivity contribution >= 4 is 5.69 Å². The van der Waals surface area contributed by atoms with Gasteiger partial charge in [0.2, 0.25) is 0 Å². The van der Waals surface area contributed by atoms with E-state index >= 15 is 0 Å². The molecule has 0 aromatic carbocycles. The van der Waals surface area contributed by atoms with Crippen LogP contribution in [-0.4, -0.2) is 54.3 Å². The fourth-order valence-corrected chi connectivity index (χ4v) is 2.98. The normalized spacial score (nSPS) is 23.6. The van der Waals surface area contributed by atoms with E-state index in [0.29, 0.717) is 19.0 Å². The maximum atomic E-state index is 10.7. The highest BCUT2D eigenvalue weighted by atomic mass is 16.3. The summed E-state index contributed by atoms with van der Waals surface area (Å²) in [5.41, 5.74) is 1.62. The summed E-state index contributed by atoms with van der Waals surface area (Å²) in [6.45, 7) is 6.70. The number of aromatic nitrogens is 1. The number of likely N-dealkylation sites (N-methyl/N-ethyl adjacent to an activating group) is 1. The summed E-state index contributed by atoms with van der Waals surface area (Å²) in [5.74, 6) is 0.455. The Balaban J connectivity index is 2.08. The monoisotopic (exact) mass is 277 g/mol. The minimum atomic E-state index is -0.613. The van der Waals surface area contributed by atoms with E-state index in [4.69, 9.17) is 0 Å². The quantitative estimate of drug-likeness (QED) is 0.915. The second-order valence-corrected chi connectivity index (χ2v) is 6.58. The van der Waals surface area contributed by atoms with Crippen LogP contribution in [0.3, 0.4) is 0 Å². The van der Waals surface area contributed by atoms with Gasteiger partial charge in [-0.15, -0.1) is 0 Å². The molecule has 1 aliphatic heterocycles. The molecule has 1 aromatic rings. The third-order valence-electron chi connectivity index (χ3n) is 3.89. The first kappa shape index (κ1) is 15.3. The van der Waals surface area contributed by atoms with Gasteiger partial charge in [0, 0.05) is 25.3 Å². The van der Waals surface area contributed by atoms with Gasteiger partial charge < -0.3 is 14.9 Å². The summed E-state index contributed by atoms with van der Waals surface area (Å²) in [7, 11) is 4.02. The first-order valence-corrected chi connectivity index (χ1v) is 7.48.